The Morgan fingerprint density at radius 3 is 2.92 bits per heavy atom. The van der Waals surface area contributed by atoms with Gasteiger partial charge in [0.2, 0.25) is 11.7 Å². The SMILES string of the molecule is O=[N+]([O-])c1ccc2nc(SCc3nc(-c4cccc(Cl)c4)no3)sc2c1. The third kappa shape index (κ3) is 3.55. The van der Waals surface area contributed by atoms with Gasteiger partial charge in [0.05, 0.1) is 20.9 Å². The minimum Gasteiger partial charge on any atom is -0.338 e. The van der Waals surface area contributed by atoms with Crippen molar-refractivity contribution in [3.63, 3.8) is 0 Å². The fourth-order valence-electron chi connectivity index (χ4n) is 2.25. The molecule has 2 aromatic carbocycles. The summed E-state index contributed by atoms with van der Waals surface area (Å²) in [4.78, 5) is 19.3. The second-order valence-electron chi connectivity index (χ2n) is 5.20. The van der Waals surface area contributed by atoms with Crippen LogP contribution in [0, 0.1) is 10.1 Å². The predicted molar refractivity (Wildman–Crippen MR) is 101 cm³/mol. The molecule has 2 aromatic heterocycles. The van der Waals surface area contributed by atoms with Crippen LogP contribution in [-0.4, -0.2) is 20.0 Å². The van der Waals surface area contributed by atoms with Crippen LogP contribution in [0.25, 0.3) is 21.6 Å². The zero-order chi connectivity index (χ0) is 18.1. The lowest BCUT2D eigenvalue weighted by atomic mass is 10.2. The van der Waals surface area contributed by atoms with Gasteiger partial charge in [-0.1, -0.05) is 40.7 Å². The largest absolute Gasteiger partial charge is 0.338 e. The van der Waals surface area contributed by atoms with Crippen molar-refractivity contribution in [2.75, 3.05) is 0 Å². The highest BCUT2D eigenvalue weighted by atomic mass is 35.5. The van der Waals surface area contributed by atoms with Gasteiger partial charge in [-0.05, 0) is 18.2 Å². The van der Waals surface area contributed by atoms with Crippen molar-refractivity contribution in [1.82, 2.24) is 15.1 Å². The van der Waals surface area contributed by atoms with Crippen molar-refractivity contribution in [2.45, 2.75) is 10.1 Å². The molecule has 4 rings (SSSR count). The maximum atomic E-state index is 10.9. The fraction of sp³-hybridized carbons (Fsp3) is 0.0625. The monoisotopic (exact) mass is 404 g/mol. The summed E-state index contributed by atoms with van der Waals surface area (Å²) in [6, 6.07) is 11.9. The zero-order valence-corrected chi connectivity index (χ0v) is 15.3. The van der Waals surface area contributed by atoms with E-state index in [2.05, 4.69) is 15.1 Å². The summed E-state index contributed by atoms with van der Waals surface area (Å²) in [5.41, 5.74) is 1.57. The molecule has 0 unspecified atom stereocenters. The molecule has 4 aromatic rings. The molecule has 0 aliphatic heterocycles. The summed E-state index contributed by atoms with van der Waals surface area (Å²) in [6.07, 6.45) is 0. The average Bonchev–Trinajstić information content (AvgIpc) is 3.25. The van der Waals surface area contributed by atoms with Crippen LogP contribution in [0.1, 0.15) is 5.89 Å². The number of halogens is 1. The normalized spacial score (nSPS) is 11.1. The van der Waals surface area contributed by atoms with Crippen LogP contribution in [-0.2, 0) is 5.75 Å². The lowest BCUT2D eigenvalue weighted by molar-refractivity contribution is -0.384. The van der Waals surface area contributed by atoms with Crippen molar-refractivity contribution in [3.8, 4) is 11.4 Å². The van der Waals surface area contributed by atoms with Crippen molar-refractivity contribution in [2.24, 2.45) is 0 Å². The van der Waals surface area contributed by atoms with Gasteiger partial charge >= 0.3 is 0 Å². The van der Waals surface area contributed by atoms with Crippen molar-refractivity contribution in [3.05, 3.63) is 63.5 Å². The molecule has 0 saturated heterocycles. The van der Waals surface area contributed by atoms with Crippen LogP contribution in [0.3, 0.4) is 0 Å². The van der Waals surface area contributed by atoms with Gasteiger partial charge in [-0.3, -0.25) is 10.1 Å². The maximum absolute atomic E-state index is 10.9. The summed E-state index contributed by atoms with van der Waals surface area (Å²) in [7, 11) is 0. The lowest BCUT2D eigenvalue weighted by Crippen LogP contribution is -1.85. The molecule has 26 heavy (non-hydrogen) atoms. The van der Waals surface area contributed by atoms with Crippen molar-refractivity contribution in [1.29, 1.82) is 0 Å². The molecule has 0 amide bonds. The van der Waals surface area contributed by atoms with E-state index in [0.717, 1.165) is 20.1 Å². The first kappa shape index (κ1) is 17.0. The smallest absolute Gasteiger partial charge is 0.270 e. The number of benzene rings is 2. The van der Waals surface area contributed by atoms with E-state index >= 15 is 0 Å². The Labute approximate surface area is 160 Å². The van der Waals surface area contributed by atoms with Gasteiger partial charge in [-0.2, -0.15) is 4.98 Å². The Hall–Kier alpha value is -2.49. The Morgan fingerprint density at radius 2 is 2.12 bits per heavy atom. The quantitative estimate of drug-likeness (QED) is 0.256. The number of nitrogens with zero attached hydrogens (tertiary/aromatic N) is 4. The third-order valence-corrected chi connectivity index (χ3v) is 5.81. The molecule has 0 bridgehead atoms. The molecule has 0 fully saturated rings. The number of non-ortho nitro benzene ring substituents is 1. The van der Waals surface area contributed by atoms with Gasteiger partial charge in [0, 0.05) is 22.7 Å². The Morgan fingerprint density at radius 1 is 1.23 bits per heavy atom. The van der Waals surface area contributed by atoms with E-state index in [1.54, 1.807) is 18.2 Å². The van der Waals surface area contributed by atoms with E-state index in [9.17, 15) is 10.1 Å². The topological polar surface area (TPSA) is 95.0 Å². The zero-order valence-electron chi connectivity index (χ0n) is 13.0. The molecule has 130 valence electrons. The van der Waals surface area contributed by atoms with Crippen LogP contribution < -0.4 is 0 Å². The van der Waals surface area contributed by atoms with E-state index in [1.165, 1.54) is 35.2 Å². The number of nitro benzene ring substituents is 1. The summed E-state index contributed by atoms with van der Waals surface area (Å²) in [6.45, 7) is 0. The molecule has 2 heterocycles. The van der Waals surface area contributed by atoms with Crippen LogP contribution >= 0.6 is 34.7 Å². The van der Waals surface area contributed by atoms with E-state index in [4.69, 9.17) is 16.1 Å². The summed E-state index contributed by atoms with van der Waals surface area (Å²) in [5.74, 6) is 1.40. The second-order valence-corrected chi connectivity index (χ2v) is 7.89. The number of rotatable bonds is 5. The summed E-state index contributed by atoms with van der Waals surface area (Å²) in [5, 5.41) is 15.4. The number of aromatic nitrogens is 3. The molecule has 10 heteroatoms. The first-order valence-electron chi connectivity index (χ1n) is 7.35. The van der Waals surface area contributed by atoms with E-state index in [0.29, 0.717) is 22.5 Å². The standard InChI is InChI=1S/C16H9ClN4O3S2/c17-10-3-1-2-9(6-10)15-19-14(24-20-15)8-25-16-18-12-5-4-11(21(22)23)7-13(12)26-16/h1-7H,8H2. The molecule has 0 atom stereocenters. The van der Waals surface area contributed by atoms with Gasteiger partial charge < -0.3 is 4.52 Å². The van der Waals surface area contributed by atoms with Crippen molar-refractivity contribution < 1.29 is 9.45 Å². The van der Waals surface area contributed by atoms with Crippen molar-refractivity contribution >= 4 is 50.6 Å². The third-order valence-electron chi connectivity index (χ3n) is 3.43. The Balaban J connectivity index is 1.49. The maximum Gasteiger partial charge on any atom is 0.270 e. The molecule has 0 radical (unpaired) electrons. The molecule has 7 nitrogen and oxygen atoms in total. The van der Waals surface area contributed by atoms with Gasteiger partial charge in [0.15, 0.2) is 4.34 Å². The van der Waals surface area contributed by atoms with E-state index in [1.807, 2.05) is 12.1 Å². The highest BCUT2D eigenvalue weighted by Gasteiger charge is 2.13. The predicted octanol–water partition coefficient (Wildman–Crippen LogP) is 5.20. The number of hydrogen-bond donors (Lipinski definition) is 0. The lowest BCUT2D eigenvalue weighted by Gasteiger charge is -1.93. The molecule has 0 aliphatic carbocycles. The summed E-state index contributed by atoms with van der Waals surface area (Å²) < 4.78 is 6.82. The molecule has 0 aliphatic rings. The highest BCUT2D eigenvalue weighted by Crippen LogP contribution is 2.33. The minimum atomic E-state index is -0.415. The first-order chi connectivity index (χ1) is 12.6. The summed E-state index contributed by atoms with van der Waals surface area (Å²) >= 11 is 8.81. The van der Waals surface area contributed by atoms with Gasteiger partial charge in [-0.25, -0.2) is 4.98 Å². The van der Waals surface area contributed by atoms with Gasteiger partial charge in [0.25, 0.3) is 5.69 Å². The van der Waals surface area contributed by atoms with Crippen LogP contribution in [0.4, 0.5) is 5.69 Å². The number of fused-ring (bicyclic) bond motifs is 1. The Kier molecular flexibility index (Phi) is 4.58. The van der Waals surface area contributed by atoms with Gasteiger partial charge in [-0.15, -0.1) is 11.3 Å². The minimum absolute atomic E-state index is 0.0563. The second kappa shape index (κ2) is 7.02. The van der Waals surface area contributed by atoms with E-state index < -0.39 is 4.92 Å². The number of hydrogen-bond acceptors (Lipinski definition) is 8. The number of thiazole rings is 1. The fourth-order valence-corrected chi connectivity index (χ4v) is 4.38. The molecule has 0 N–H and O–H groups in total. The van der Waals surface area contributed by atoms with Crippen LogP contribution in [0.5, 0.6) is 0 Å². The highest BCUT2D eigenvalue weighted by molar-refractivity contribution is 8.00. The first-order valence-corrected chi connectivity index (χ1v) is 9.53. The average molecular weight is 405 g/mol. The van der Waals surface area contributed by atoms with Crippen LogP contribution in [0.15, 0.2) is 51.3 Å². The molecular formula is C16H9ClN4O3S2. The molecule has 0 spiro atoms. The van der Waals surface area contributed by atoms with Crippen LogP contribution in [0.2, 0.25) is 5.02 Å². The Bertz CT molecular complexity index is 1110. The molecule has 0 saturated carbocycles. The van der Waals surface area contributed by atoms with E-state index in [-0.39, 0.29) is 5.69 Å². The number of nitro groups is 1. The number of thioether (sulfide) groups is 1. The van der Waals surface area contributed by atoms with Gasteiger partial charge in [0.1, 0.15) is 0 Å². The molecular weight excluding hydrogens is 396 g/mol.